The zero-order chi connectivity index (χ0) is 18.8. The molecule has 1 N–H and O–H groups in total. The van der Waals surface area contributed by atoms with Gasteiger partial charge in [-0.05, 0) is 30.7 Å². The van der Waals surface area contributed by atoms with Crippen LogP contribution in [0.25, 0.3) is 10.9 Å². The minimum absolute atomic E-state index is 0.0139. The van der Waals surface area contributed by atoms with Crippen molar-refractivity contribution in [1.29, 1.82) is 0 Å². The maximum absolute atomic E-state index is 14.1. The van der Waals surface area contributed by atoms with Gasteiger partial charge in [0.05, 0.1) is 7.11 Å². The maximum atomic E-state index is 14.1. The van der Waals surface area contributed by atoms with Crippen LogP contribution in [0.4, 0.5) is 4.39 Å². The number of rotatable bonds is 3. The van der Waals surface area contributed by atoms with E-state index >= 15 is 0 Å². The molecule has 6 heteroatoms. The number of nitrogens with zero attached hydrogens (tertiary/aromatic N) is 1. The summed E-state index contributed by atoms with van der Waals surface area (Å²) in [7, 11) is 1.62. The lowest BCUT2D eigenvalue weighted by Crippen LogP contribution is -2.33. The number of benzene rings is 2. The SMILES string of the molecule is COc1ccc2cc(C(=O)N3CCS[C@H](c4ccccc4F)CC3)[nH]c2c1. The summed E-state index contributed by atoms with van der Waals surface area (Å²) in [6.45, 7) is 1.27. The van der Waals surface area contributed by atoms with Crippen LogP contribution in [0.5, 0.6) is 5.75 Å². The number of carbonyl (C=O) groups excluding carboxylic acids is 1. The summed E-state index contributed by atoms with van der Waals surface area (Å²) in [6.07, 6.45) is 0.741. The summed E-state index contributed by atoms with van der Waals surface area (Å²) in [4.78, 5) is 18.0. The van der Waals surface area contributed by atoms with E-state index in [-0.39, 0.29) is 17.0 Å². The van der Waals surface area contributed by atoms with Gasteiger partial charge in [-0.1, -0.05) is 18.2 Å². The van der Waals surface area contributed by atoms with E-state index < -0.39 is 0 Å². The molecule has 2 aromatic carbocycles. The number of carbonyl (C=O) groups is 1. The second-order valence-corrected chi connectivity index (χ2v) is 7.91. The first kappa shape index (κ1) is 17.9. The fourth-order valence-electron chi connectivity index (χ4n) is 3.48. The predicted molar refractivity (Wildman–Crippen MR) is 107 cm³/mol. The summed E-state index contributed by atoms with van der Waals surface area (Å²) in [5.74, 6) is 1.36. The maximum Gasteiger partial charge on any atom is 0.270 e. The molecule has 0 bridgehead atoms. The molecule has 0 saturated carbocycles. The van der Waals surface area contributed by atoms with Crippen molar-refractivity contribution >= 4 is 28.6 Å². The van der Waals surface area contributed by atoms with E-state index in [1.165, 1.54) is 6.07 Å². The lowest BCUT2D eigenvalue weighted by Gasteiger charge is -2.19. The highest BCUT2D eigenvalue weighted by atomic mass is 32.2. The van der Waals surface area contributed by atoms with Gasteiger partial charge in [-0.2, -0.15) is 11.8 Å². The number of thioether (sulfide) groups is 1. The molecule has 0 radical (unpaired) electrons. The highest BCUT2D eigenvalue weighted by molar-refractivity contribution is 7.99. The number of amides is 1. The first-order valence-corrected chi connectivity index (χ1v) is 10.0. The standard InChI is InChI=1S/C21H21FN2O2S/c1-26-15-7-6-14-12-19(23-18(14)13-15)21(25)24-9-8-20(27-11-10-24)16-4-2-3-5-17(16)22/h2-7,12-13,20,23H,8-11H2,1H3/t20-/m0/s1. The lowest BCUT2D eigenvalue weighted by molar-refractivity contribution is 0.0761. The van der Waals surface area contributed by atoms with Gasteiger partial charge in [-0.25, -0.2) is 4.39 Å². The summed E-state index contributed by atoms with van der Waals surface area (Å²) < 4.78 is 19.3. The molecule has 0 unspecified atom stereocenters. The highest BCUT2D eigenvalue weighted by Gasteiger charge is 2.25. The van der Waals surface area contributed by atoms with Gasteiger partial charge < -0.3 is 14.6 Å². The van der Waals surface area contributed by atoms with Gasteiger partial charge in [0.1, 0.15) is 17.3 Å². The number of nitrogens with one attached hydrogen (secondary N) is 1. The Kier molecular flexibility index (Phi) is 5.07. The van der Waals surface area contributed by atoms with Crippen molar-refractivity contribution in [1.82, 2.24) is 9.88 Å². The number of ether oxygens (including phenoxy) is 1. The average molecular weight is 384 g/mol. The topological polar surface area (TPSA) is 45.3 Å². The molecule has 1 atom stereocenters. The van der Waals surface area contributed by atoms with E-state index in [0.29, 0.717) is 18.8 Å². The summed E-state index contributed by atoms with van der Waals surface area (Å²) >= 11 is 1.72. The van der Waals surface area contributed by atoms with Gasteiger partial charge in [0.25, 0.3) is 5.91 Å². The Hall–Kier alpha value is -2.47. The quantitative estimate of drug-likeness (QED) is 0.716. The first-order chi connectivity index (χ1) is 13.2. The number of aromatic amines is 1. The van der Waals surface area contributed by atoms with Crippen LogP contribution < -0.4 is 4.74 Å². The molecule has 140 valence electrons. The zero-order valence-corrected chi connectivity index (χ0v) is 15.9. The number of halogens is 1. The monoisotopic (exact) mass is 384 g/mol. The summed E-state index contributed by atoms with van der Waals surface area (Å²) in [5.41, 5.74) is 2.19. The van der Waals surface area contributed by atoms with Crippen molar-refractivity contribution in [2.24, 2.45) is 0 Å². The average Bonchev–Trinajstić information content (AvgIpc) is 2.96. The van der Waals surface area contributed by atoms with E-state index in [1.807, 2.05) is 41.3 Å². The molecule has 2 heterocycles. The third-order valence-electron chi connectivity index (χ3n) is 4.94. The molecule has 1 saturated heterocycles. The third kappa shape index (κ3) is 3.67. The minimum atomic E-state index is -0.167. The van der Waals surface area contributed by atoms with E-state index in [0.717, 1.165) is 34.4 Å². The Bertz CT molecular complexity index is 972. The molecule has 27 heavy (non-hydrogen) atoms. The number of fused-ring (bicyclic) bond motifs is 1. The molecule has 1 fully saturated rings. The molecule has 3 aromatic rings. The fraction of sp³-hybridized carbons (Fsp3) is 0.286. The summed E-state index contributed by atoms with van der Waals surface area (Å²) in [6, 6.07) is 14.5. The molecular formula is C21H21FN2O2S. The Morgan fingerprint density at radius 3 is 2.89 bits per heavy atom. The number of aromatic nitrogens is 1. The molecule has 1 aliphatic rings. The van der Waals surface area contributed by atoms with Gasteiger partial charge >= 0.3 is 0 Å². The van der Waals surface area contributed by atoms with Crippen LogP contribution >= 0.6 is 11.8 Å². The fourth-order valence-corrected chi connectivity index (χ4v) is 4.73. The van der Waals surface area contributed by atoms with Crippen molar-refractivity contribution in [3.8, 4) is 5.75 Å². The number of H-pyrrole nitrogens is 1. The van der Waals surface area contributed by atoms with Crippen LogP contribution in [-0.2, 0) is 0 Å². The molecule has 1 aliphatic heterocycles. The van der Waals surface area contributed by atoms with Crippen LogP contribution in [0.3, 0.4) is 0 Å². The number of hydrogen-bond donors (Lipinski definition) is 1. The molecule has 0 aliphatic carbocycles. The van der Waals surface area contributed by atoms with E-state index in [4.69, 9.17) is 4.74 Å². The zero-order valence-electron chi connectivity index (χ0n) is 15.1. The Morgan fingerprint density at radius 2 is 2.07 bits per heavy atom. The van der Waals surface area contributed by atoms with Crippen LogP contribution in [0.1, 0.15) is 27.7 Å². The number of methoxy groups -OCH3 is 1. The predicted octanol–water partition coefficient (Wildman–Crippen LogP) is 4.64. The minimum Gasteiger partial charge on any atom is -0.497 e. The van der Waals surface area contributed by atoms with Crippen LogP contribution in [0, 0.1) is 5.82 Å². The molecular weight excluding hydrogens is 363 g/mol. The normalized spacial score (nSPS) is 17.7. The second-order valence-electron chi connectivity index (χ2n) is 6.60. The molecule has 1 amide bonds. The van der Waals surface area contributed by atoms with Crippen LogP contribution in [0.2, 0.25) is 0 Å². The van der Waals surface area contributed by atoms with E-state index in [9.17, 15) is 9.18 Å². The van der Waals surface area contributed by atoms with Gasteiger partial charge in [0.15, 0.2) is 0 Å². The van der Waals surface area contributed by atoms with E-state index in [2.05, 4.69) is 4.98 Å². The Balaban J connectivity index is 1.50. The second kappa shape index (κ2) is 7.64. The Morgan fingerprint density at radius 1 is 1.22 bits per heavy atom. The largest absolute Gasteiger partial charge is 0.497 e. The Labute approximate surface area is 161 Å². The van der Waals surface area contributed by atoms with Gasteiger partial charge in [0.2, 0.25) is 0 Å². The molecule has 0 spiro atoms. The van der Waals surface area contributed by atoms with Crippen molar-refractivity contribution < 1.29 is 13.9 Å². The van der Waals surface area contributed by atoms with Gasteiger partial charge in [-0.15, -0.1) is 0 Å². The lowest BCUT2D eigenvalue weighted by atomic mass is 10.1. The van der Waals surface area contributed by atoms with Crippen molar-refractivity contribution in [2.45, 2.75) is 11.7 Å². The molecule has 4 nitrogen and oxygen atoms in total. The van der Waals surface area contributed by atoms with Crippen LogP contribution in [0.15, 0.2) is 48.5 Å². The summed E-state index contributed by atoms with van der Waals surface area (Å²) in [5, 5.41) is 1.06. The van der Waals surface area contributed by atoms with E-state index in [1.54, 1.807) is 24.9 Å². The van der Waals surface area contributed by atoms with Crippen molar-refractivity contribution in [3.05, 3.63) is 65.6 Å². The smallest absolute Gasteiger partial charge is 0.270 e. The van der Waals surface area contributed by atoms with Gasteiger partial charge in [0, 0.05) is 46.6 Å². The van der Waals surface area contributed by atoms with Crippen molar-refractivity contribution in [2.75, 3.05) is 26.0 Å². The van der Waals surface area contributed by atoms with Gasteiger partial charge in [-0.3, -0.25) is 4.79 Å². The molecule has 4 rings (SSSR count). The molecule has 1 aromatic heterocycles. The third-order valence-corrected chi connectivity index (χ3v) is 6.25. The first-order valence-electron chi connectivity index (χ1n) is 8.98. The van der Waals surface area contributed by atoms with Crippen LogP contribution in [-0.4, -0.2) is 41.7 Å². The number of hydrogen-bond acceptors (Lipinski definition) is 3. The van der Waals surface area contributed by atoms with Crippen molar-refractivity contribution in [3.63, 3.8) is 0 Å². The highest BCUT2D eigenvalue weighted by Crippen LogP contribution is 2.36.